The monoisotopic (exact) mass is 272 g/mol. The second kappa shape index (κ2) is 9.67. The van der Waals surface area contributed by atoms with Crippen molar-refractivity contribution in [3.63, 3.8) is 0 Å². The van der Waals surface area contributed by atoms with Crippen LogP contribution < -0.4 is 0 Å². The Bertz CT molecular complexity index is 384. The predicted octanol–water partition coefficient (Wildman–Crippen LogP) is 2.05. The van der Waals surface area contributed by atoms with E-state index in [1.54, 1.807) is 0 Å². The lowest BCUT2D eigenvalue weighted by atomic mass is 12.4. The van der Waals surface area contributed by atoms with Crippen molar-refractivity contribution in [2.75, 3.05) is 0 Å². The van der Waals surface area contributed by atoms with Crippen molar-refractivity contribution in [1.29, 1.82) is 0 Å². The largest absolute Gasteiger partial charge is 0.110 e. The minimum Gasteiger partial charge on any atom is -0.110 e. The molecule has 0 rings (SSSR count). The molecular formula is HN8PS4. The van der Waals surface area contributed by atoms with Gasteiger partial charge in [-0.1, -0.05) is 4.47 Å². The van der Waals surface area contributed by atoms with E-state index in [4.69, 9.17) is 0 Å². The van der Waals surface area contributed by atoms with Gasteiger partial charge in [-0.3, -0.25) is 0 Å². The van der Waals surface area contributed by atoms with Crippen molar-refractivity contribution in [3.8, 4) is 0 Å². The summed E-state index contributed by atoms with van der Waals surface area (Å²) in [4.78, 5) is 3.34. The molecule has 0 saturated carbocycles. The Balaban J connectivity index is 3.95. The third-order valence-electron chi connectivity index (χ3n) is 0.389. The van der Waals surface area contributed by atoms with Crippen LogP contribution in [0.2, 0.25) is 0 Å². The minimum atomic E-state index is -0.981. The van der Waals surface area contributed by atoms with Gasteiger partial charge in [0.15, 0.2) is 0 Å². The van der Waals surface area contributed by atoms with Gasteiger partial charge in [0.25, 0.3) is 0 Å². The lowest BCUT2D eigenvalue weighted by Gasteiger charge is -1.66. The Morgan fingerprint density at radius 3 is 1.92 bits per heavy atom. The first-order chi connectivity index (χ1) is 6.27. The van der Waals surface area contributed by atoms with Gasteiger partial charge in [-0.15, -0.1) is 4.85 Å². The quantitative estimate of drug-likeness (QED) is 0.444. The van der Waals surface area contributed by atoms with E-state index in [0.717, 1.165) is 0 Å². The second-order valence-electron chi connectivity index (χ2n) is 1.03. The molecule has 1 unspecified atom stereocenters. The van der Waals surface area contributed by atoms with Gasteiger partial charge < -0.3 is 0 Å². The summed E-state index contributed by atoms with van der Waals surface area (Å²) >= 11 is 13.4. The first-order valence-corrected chi connectivity index (χ1v) is 7.46. The molecule has 1 atom stereocenters. The van der Waals surface area contributed by atoms with Crippen LogP contribution in [0.5, 0.6) is 0 Å². The Labute approximate surface area is 89.7 Å². The van der Waals surface area contributed by atoms with Gasteiger partial charge in [-0.2, -0.15) is 0 Å². The molecule has 0 aromatic heterocycles. The zero-order valence-corrected chi connectivity index (χ0v) is 9.98. The smallest absolute Gasteiger partial charge is 0.0501 e. The van der Waals surface area contributed by atoms with E-state index in [-0.39, 0.29) is 7.15 Å². The van der Waals surface area contributed by atoms with E-state index < -0.39 is 7.81 Å². The summed E-state index contributed by atoms with van der Waals surface area (Å²) in [6.07, 6.45) is 0. The predicted molar refractivity (Wildman–Crippen MR) is 57.2 cm³/mol. The molecule has 0 heterocycles. The Kier molecular flexibility index (Phi) is 9.35. The third-order valence-corrected chi connectivity index (χ3v) is 1.41. The molecule has 0 bridgehead atoms. The number of hydrogen-bond donors (Lipinski definition) is 0. The van der Waals surface area contributed by atoms with Crippen LogP contribution in [0.15, 0.2) is 40.7 Å². The maximum absolute atomic E-state index is 4.50. The van der Waals surface area contributed by atoms with Gasteiger partial charge in [-0.25, -0.2) is 0 Å². The van der Waals surface area contributed by atoms with Crippen molar-refractivity contribution in [3.05, 3.63) is 0 Å². The van der Waals surface area contributed by atoms with Crippen LogP contribution in [0.25, 0.3) is 0 Å². The molecule has 13 heavy (non-hydrogen) atoms. The van der Waals surface area contributed by atoms with Gasteiger partial charge in [-0.05, 0) is 43.1 Å². The van der Waals surface area contributed by atoms with Gasteiger partial charge in [0.1, 0.15) is 0 Å². The highest BCUT2D eigenvalue weighted by atomic mass is 33.1. The minimum absolute atomic E-state index is 0.0862. The van der Waals surface area contributed by atoms with Crippen molar-refractivity contribution in [2.24, 2.45) is 40.7 Å². The summed E-state index contributed by atoms with van der Waals surface area (Å²) < 4.78 is 3.31. The molecule has 0 amide bonds. The van der Waals surface area contributed by atoms with Crippen LogP contribution in [0, 0.1) is 0 Å². The molecule has 13 heteroatoms. The van der Waals surface area contributed by atoms with Gasteiger partial charge in [0.2, 0.25) is 0 Å². The summed E-state index contributed by atoms with van der Waals surface area (Å²) in [7, 11) is -1.07. The van der Waals surface area contributed by atoms with Crippen molar-refractivity contribution >= 4 is 49.1 Å². The molecule has 0 aliphatic carbocycles. The Morgan fingerprint density at radius 2 is 1.38 bits per heavy atom. The fourth-order valence-corrected chi connectivity index (χ4v) is 0.613. The highest BCUT2D eigenvalue weighted by Crippen LogP contribution is 1.87. The number of hydrogen-bond acceptors (Lipinski definition) is 3. The summed E-state index contributed by atoms with van der Waals surface area (Å²) in [5, 5.41) is 18.6. The summed E-state index contributed by atoms with van der Waals surface area (Å²) in [5.74, 6) is 0. The fourth-order valence-electron chi connectivity index (χ4n) is 0.156. The third kappa shape index (κ3) is 11.6. The molecule has 8 nitrogen and oxygen atoms in total. The molecule has 0 aromatic carbocycles. The molecule has 0 aliphatic rings. The van der Waals surface area contributed by atoms with Gasteiger partial charge in [0, 0.05) is 30.2 Å². The fraction of sp³-hybridized carbons (Fsp3) is 0. The van der Waals surface area contributed by atoms with Gasteiger partial charge in [0.05, 0.1) is 7.15 Å². The maximum atomic E-state index is 4.50. The highest BCUT2D eigenvalue weighted by molar-refractivity contribution is 8.41. The first-order valence-electron chi connectivity index (χ1n) is 2.34. The van der Waals surface area contributed by atoms with Crippen molar-refractivity contribution in [1.82, 2.24) is 0 Å². The molecule has 70 valence electrons. The average Bonchev–Trinajstić information content (AvgIpc) is 2.09. The Hall–Kier alpha value is -0.420. The van der Waals surface area contributed by atoms with Crippen molar-refractivity contribution in [2.45, 2.75) is 0 Å². The normalized spacial score (nSPS) is 11.7. The lowest BCUT2D eigenvalue weighted by molar-refractivity contribution is 0.812. The zero-order chi connectivity index (χ0) is 9.94. The molecular weight excluding hydrogens is 271 g/mol. The summed E-state index contributed by atoms with van der Waals surface area (Å²) in [5.41, 5.74) is 0. The van der Waals surface area contributed by atoms with Crippen LogP contribution in [0.3, 0.4) is 0 Å². The topological polar surface area (TPSA) is 98.9 Å². The van der Waals surface area contributed by atoms with E-state index >= 15 is 0 Å². The van der Waals surface area contributed by atoms with Crippen LogP contribution in [0.4, 0.5) is 0 Å². The zero-order valence-electron chi connectivity index (χ0n) is 5.71. The average molecular weight is 272 g/mol. The maximum Gasteiger partial charge on any atom is 0.0501 e. The molecule has 0 radical (unpaired) electrons. The molecule has 0 spiro atoms. The van der Waals surface area contributed by atoms with Crippen molar-refractivity contribution < 1.29 is 0 Å². The van der Waals surface area contributed by atoms with E-state index in [9.17, 15) is 0 Å². The molecule has 0 aromatic rings. The van der Waals surface area contributed by atoms with E-state index in [1.165, 1.54) is 0 Å². The number of rotatable bonds is 4. The van der Waals surface area contributed by atoms with Crippen LogP contribution >= 0.6 is 7.15 Å². The van der Waals surface area contributed by atoms with E-state index in [1.807, 2.05) is 0 Å². The van der Waals surface area contributed by atoms with Gasteiger partial charge >= 0.3 is 0 Å². The standard InChI is InChI=1S/HN8PS4/c10-9-7-5-3-1-2-4-6-8-13(11)12/h9H/b2-1-,5-3-,6-4-. The molecule has 0 fully saturated rings. The first kappa shape index (κ1) is 12.6. The molecule has 0 aliphatic heterocycles. The Morgan fingerprint density at radius 1 is 0.846 bits per heavy atom. The highest BCUT2D eigenvalue weighted by Gasteiger charge is 1.65. The lowest BCUT2D eigenvalue weighted by Crippen LogP contribution is -1.48. The molecule has 0 saturated heterocycles. The summed E-state index contributed by atoms with van der Waals surface area (Å²) in [6.45, 7) is 0. The van der Waals surface area contributed by atoms with Crippen LogP contribution in [-0.2, 0) is 42.0 Å². The van der Waals surface area contributed by atoms with E-state index in [0.29, 0.717) is 0 Å². The molecule has 0 N–H and O–H groups in total. The number of nitrogens with zero attached hydrogens (tertiary/aromatic N) is 8. The summed E-state index contributed by atoms with van der Waals surface area (Å²) in [6, 6.07) is 0. The van der Waals surface area contributed by atoms with E-state index in [2.05, 4.69) is 74.8 Å². The second-order valence-corrected chi connectivity index (χ2v) is 5.08. The van der Waals surface area contributed by atoms with Crippen LogP contribution in [-0.4, -0.2) is 0 Å². The van der Waals surface area contributed by atoms with Crippen LogP contribution in [0.1, 0.15) is 0 Å². The SMILES string of the molecule is S=[PH]=N\N=N/N=N\N=N/N=S(=S)=S.